The van der Waals surface area contributed by atoms with Crippen molar-refractivity contribution in [3.05, 3.63) is 60.1 Å². The topological polar surface area (TPSA) is 72.9 Å². The fraction of sp³-hybridized carbons (Fsp3) is 0.296. The number of likely N-dealkylation sites (tertiary alicyclic amines) is 1. The first-order chi connectivity index (χ1) is 17.2. The highest BCUT2D eigenvalue weighted by atomic mass is 32.1. The molecule has 0 atom stereocenters. The largest absolute Gasteiger partial charge is 0.383 e. The lowest BCUT2D eigenvalue weighted by Crippen LogP contribution is -2.43. The number of anilines is 1. The van der Waals surface area contributed by atoms with Gasteiger partial charge in [-0.3, -0.25) is 0 Å². The maximum absolute atomic E-state index is 16.0. The number of nitrogens with two attached hydrogens (primary N) is 1. The summed E-state index contributed by atoms with van der Waals surface area (Å²) >= 11 is 1.59. The predicted molar refractivity (Wildman–Crippen MR) is 139 cm³/mol. The molecule has 1 aliphatic heterocycles. The van der Waals surface area contributed by atoms with Crippen LogP contribution in [0.2, 0.25) is 0 Å². The lowest BCUT2D eigenvalue weighted by molar-refractivity contribution is 0.0921. The van der Waals surface area contributed by atoms with Crippen LogP contribution >= 0.6 is 11.3 Å². The van der Waals surface area contributed by atoms with E-state index in [4.69, 9.17) is 5.73 Å². The van der Waals surface area contributed by atoms with Crippen molar-refractivity contribution in [2.24, 2.45) is 5.92 Å². The SMILES string of the molecule is Nc1ncnc2c1c(-c1ccc3ccc(-c4cccs4)nc3c1F)cn2C1CC(CN2CCC2)C1. The number of halogens is 1. The highest BCUT2D eigenvalue weighted by molar-refractivity contribution is 7.13. The Kier molecular flexibility index (Phi) is 4.85. The van der Waals surface area contributed by atoms with E-state index in [1.165, 1.54) is 32.4 Å². The van der Waals surface area contributed by atoms with Gasteiger partial charge in [0.2, 0.25) is 0 Å². The van der Waals surface area contributed by atoms with E-state index in [2.05, 4.69) is 24.4 Å². The highest BCUT2D eigenvalue weighted by Crippen LogP contribution is 2.44. The molecule has 4 aromatic heterocycles. The second-order valence-electron chi connectivity index (χ2n) is 9.73. The molecule has 0 radical (unpaired) electrons. The molecule has 6 nitrogen and oxygen atoms in total. The Labute approximate surface area is 206 Å². The fourth-order valence-corrected chi connectivity index (χ4v) is 6.22. The van der Waals surface area contributed by atoms with E-state index in [9.17, 15) is 0 Å². The highest BCUT2D eigenvalue weighted by Gasteiger charge is 2.34. The molecule has 1 saturated carbocycles. The number of fused-ring (bicyclic) bond motifs is 2. The zero-order chi connectivity index (χ0) is 23.5. The number of nitrogen functional groups attached to an aromatic ring is 1. The van der Waals surface area contributed by atoms with Gasteiger partial charge < -0.3 is 15.2 Å². The van der Waals surface area contributed by atoms with Gasteiger partial charge in [0.05, 0.1) is 16.0 Å². The van der Waals surface area contributed by atoms with Crippen LogP contribution in [0.1, 0.15) is 25.3 Å². The van der Waals surface area contributed by atoms with Crippen molar-refractivity contribution in [1.82, 2.24) is 24.4 Å². The monoisotopic (exact) mass is 484 g/mol. The smallest absolute Gasteiger partial charge is 0.157 e. The quantitative estimate of drug-likeness (QED) is 0.344. The van der Waals surface area contributed by atoms with Crippen LogP contribution in [0.5, 0.6) is 0 Å². The molecule has 35 heavy (non-hydrogen) atoms. The zero-order valence-electron chi connectivity index (χ0n) is 19.2. The second kappa shape index (κ2) is 8.10. The molecule has 0 unspecified atom stereocenters. The van der Waals surface area contributed by atoms with Crippen LogP contribution in [0.4, 0.5) is 10.2 Å². The van der Waals surface area contributed by atoms with Gasteiger partial charge in [0.15, 0.2) is 5.82 Å². The number of pyridine rings is 1. The van der Waals surface area contributed by atoms with Crippen molar-refractivity contribution in [2.75, 3.05) is 25.4 Å². The lowest BCUT2D eigenvalue weighted by Gasteiger charge is -2.42. The van der Waals surface area contributed by atoms with E-state index < -0.39 is 0 Å². The van der Waals surface area contributed by atoms with E-state index in [0.717, 1.165) is 40.0 Å². The molecular weight excluding hydrogens is 459 g/mol. The van der Waals surface area contributed by atoms with Crippen molar-refractivity contribution in [3.63, 3.8) is 0 Å². The standard InChI is InChI=1S/C27H25FN6S/c28-24-19(6-4-17-5-7-21(32-25(17)24)22-3-1-10-35-22)20-14-34(27-23(20)26(29)30-15-31-27)18-11-16(12-18)13-33-8-2-9-33/h1,3-7,10,14-16,18H,2,8-9,11-13H2,(H2,29,30,31). The zero-order valence-corrected chi connectivity index (χ0v) is 20.0. The number of aromatic nitrogens is 4. The molecule has 8 heteroatoms. The second-order valence-corrected chi connectivity index (χ2v) is 10.7. The van der Waals surface area contributed by atoms with Gasteiger partial charge in [0, 0.05) is 35.3 Å². The summed E-state index contributed by atoms with van der Waals surface area (Å²) < 4.78 is 18.2. The molecule has 0 spiro atoms. The molecule has 1 saturated heterocycles. The molecule has 1 aromatic carbocycles. The minimum absolute atomic E-state index is 0.340. The summed E-state index contributed by atoms with van der Waals surface area (Å²) in [6.45, 7) is 3.63. The Morgan fingerprint density at radius 1 is 1.06 bits per heavy atom. The van der Waals surface area contributed by atoms with Crippen molar-refractivity contribution in [3.8, 4) is 21.7 Å². The number of hydrogen-bond acceptors (Lipinski definition) is 6. The Bertz CT molecular complexity index is 1550. The number of hydrogen-bond donors (Lipinski definition) is 1. The number of thiophene rings is 1. The van der Waals surface area contributed by atoms with Crippen LogP contribution in [0.25, 0.3) is 43.6 Å². The third-order valence-electron chi connectivity index (χ3n) is 7.57. The first-order valence-corrected chi connectivity index (χ1v) is 13.0. The van der Waals surface area contributed by atoms with E-state index in [-0.39, 0.29) is 5.82 Å². The van der Waals surface area contributed by atoms with Gasteiger partial charge in [0.25, 0.3) is 0 Å². The fourth-order valence-electron chi connectivity index (χ4n) is 5.52. The summed E-state index contributed by atoms with van der Waals surface area (Å²) in [6.07, 6.45) is 7.05. The number of nitrogens with zero attached hydrogens (tertiary/aromatic N) is 5. The van der Waals surface area contributed by atoms with Crippen molar-refractivity contribution < 1.29 is 4.39 Å². The van der Waals surface area contributed by atoms with Crippen LogP contribution < -0.4 is 5.73 Å². The molecule has 1 aliphatic carbocycles. The average Bonchev–Trinajstić information content (AvgIpc) is 3.47. The van der Waals surface area contributed by atoms with Crippen LogP contribution in [-0.4, -0.2) is 44.1 Å². The first-order valence-electron chi connectivity index (χ1n) is 12.1. The Morgan fingerprint density at radius 3 is 2.69 bits per heavy atom. The van der Waals surface area contributed by atoms with Gasteiger partial charge in [0.1, 0.15) is 23.3 Å². The molecule has 7 rings (SSSR count). The molecule has 2 fully saturated rings. The van der Waals surface area contributed by atoms with Crippen molar-refractivity contribution >= 4 is 39.1 Å². The van der Waals surface area contributed by atoms with E-state index in [0.29, 0.717) is 34.2 Å². The molecular formula is C27H25FN6S. The van der Waals surface area contributed by atoms with Crippen LogP contribution in [0.3, 0.4) is 0 Å². The Hall–Kier alpha value is -3.36. The molecule has 0 bridgehead atoms. The summed E-state index contributed by atoms with van der Waals surface area (Å²) in [7, 11) is 0. The van der Waals surface area contributed by atoms with Gasteiger partial charge in [-0.1, -0.05) is 24.3 Å². The molecule has 2 N–H and O–H groups in total. The van der Waals surface area contributed by atoms with Gasteiger partial charge in [-0.15, -0.1) is 11.3 Å². The van der Waals surface area contributed by atoms with Gasteiger partial charge in [-0.25, -0.2) is 19.3 Å². The van der Waals surface area contributed by atoms with Gasteiger partial charge in [-0.2, -0.15) is 0 Å². The van der Waals surface area contributed by atoms with E-state index in [1.54, 1.807) is 11.3 Å². The summed E-state index contributed by atoms with van der Waals surface area (Å²) in [5, 5.41) is 3.49. The summed E-state index contributed by atoms with van der Waals surface area (Å²) in [6, 6.07) is 11.9. The average molecular weight is 485 g/mol. The van der Waals surface area contributed by atoms with E-state index >= 15 is 4.39 Å². The normalized spacial score (nSPS) is 20.3. The van der Waals surface area contributed by atoms with E-state index in [1.807, 2.05) is 48.0 Å². The predicted octanol–water partition coefficient (Wildman–Crippen LogP) is 5.75. The molecule has 2 aliphatic rings. The molecule has 176 valence electrons. The summed E-state index contributed by atoms with van der Waals surface area (Å²) in [5.74, 6) is 0.741. The van der Waals surface area contributed by atoms with Crippen LogP contribution in [-0.2, 0) is 0 Å². The molecule has 5 aromatic rings. The summed E-state index contributed by atoms with van der Waals surface area (Å²) in [4.78, 5) is 17.0. The lowest BCUT2D eigenvalue weighted by atomic mass is 9.79. The van der Waals surface area contributed by atoms with Gasteiger partial charge in [-0.05, 0) is 55.8 Å². The Morgan fingerprint density at radius 2 is 1.91 bits per heavy atom. The van der Waals surface area contributed by atoms with Crippen LogP contribution in [0, 0.1) is 11.7 Å². The van der Waals surface area contributed by atoms with Crippen molar-refractivity contribution in [2.45, 2.75) is 25.3 Å². The van der Waals surface area contributed by atoms with Crippen LogP contribution in [0.15, 0.2) is 54.3 Å². The maximum Gasteiger partial charge on any atom is 0.157 e. The summed E-state index contributed by atoms with van der Waals surface area (Å²) in [5.41, 5.74) is 9.46. The minimum Gasteiger partial charge on any atom is -0.383 e. The maximum atomic E-state index is 16.0. The van der Waals surface area contributed by atoms with Gasteiger partial charge >= 0.3 is 0 Å². The number of rotatable bonds is 5. The minimum atomic E-state index is -0.340. The third kappa shape index (κ3) is 3.43. The molecule has 5 heterocycles. The third-order valence-corrected chi connectivity index (χ3v) is 8.46. The number of benzene rings is 1. The first kappa shape index (κ1) is 21.0. The molecule has 0 amide bonds. The van der Waals surface area contributed by atoms with Crippen molar-refractivity contribution in [1.29, 1.82) is 0 Å². The Balaban J connectivity index is 1.31.